The van der Waals surface area contributed by atoms with Crippen LogP contribution in [0.15, 0.2) is 131 Å². The molecular formula is C51H66N4P2. The quantitative estimate of drug-likeness (QED) is 0.0578. The second-order valence-electron chi connectivity index (χ2n) is 18.4. The van der Waals surface area contributed by atoms with Gasteiger partial charge in [-0.3, -0.25) is 9.98 Å². The van der Waals surface area contributed by atoms with Crippen LogP contribution in [0.5, 0.6) is 0 Å². The van der Waals surface area contributed by atoms with Crippen LogP contribution in [0.25, 0.3) is 0 Å². The van der Waals surface area contributed by atoms with Gasteiger partial charge < -0.3 is 10.6 Å². The lowest BCUT2D eigenvalue weighted by Crippen LogP contribution is -2.52. The fraction of sp³-hybridized carbons (Fsp3) is 0.490. The third kappa shape index (κ3) is 10.7. The van der Waals surface area contributed by atoms with Crippen LogP contribution in [0, 0.1) is 23.7 Å². The molecule has 4 bridgehead atoms. The molecule has 6 heteroatoms. The van der Waals surface area contributed by atoms with Crippen molar-refractivity contribution in [3.05, 3.63) is 121 Å². The number of hydrogen-bond donors (Lipinski definition) is 2. The molecule has 0 saturated heterocycles. The lowest BCUT2D eigenvalue weighted by atomic mass is 9.65. The molecule has 0 aromatic heterocycles. The average Bonchev–Trinajstić information content (AvgIpc) is 3.21. The van der Waals surface area contributed by atoms with Crippen LogP contribution in [0.2, 0.25) is 0 Å². The molecular weight excluding hydrogens is 731 g/mol. The standard InChI is InChI=1S/C51H66N4P2/c1-50(36-40-20-18-21-41(34-40)37-50)54-48(56(44-24-8-3-9-25-44)45-26-10-4-11-27-45)52-32-16-7-17-33-53-49(55-51(2)38-42-22-19-23-43(35-42)39-51)57(46-28-12-5-13-29-46)47-30-14-6-15-31-47/h3-6,8-15,24-31,40-43H,7,16-23,32-39H2,1-2H3,(H,52,54)(H,53,55). The van der Waals surface area contributed by atoms with E-state index in [1.807, 2.05) is 0 Å². The van der Waals surface area contributed by atoms with E-state index in [9.17, 15) is 0 Å². The summed E-state index contributed by atoms with van der Waals surface area (Å²) in [4.78, 5) is 11.4. The molecule has 300 valence electrons. The maximum atomic E-state index is 5.83. The van der Waals surface area contributed by atoms with Gasteiger partial charge in [0.05, 0.1) is 5.54 Å². The van der Waals surface area contributed by atoms with Gasteiger partial charge in [0.15, 0.2) is 0 Å². The Kier molecular flexibility index (Phi) is 13.6. The number of benzene rings is 4. The van der Waals surface area contributed by atoms with Crippen LogP contribution in [0.1, 0.15) is 110 Å². The smallest absolute Gasteiger partial charge is 0.129 e. The highest BCUT2D eigenvalue weighted by Crippen LogP contribution is 2.48. The first-order chi connectivity index (χ1) is 27.9. The molecule has 0 amide bonds. The first kappa shape index (κ1) is 40.5. The largest absolute Gasteiger partial charge is 0.370 e. The van der Waals surface area contributed by atoms with Crippen molar-refractivity contribution in [1.82, 2.24) is 10.6 Å². The van der Waals surface area contributed by atoms with Gasteiger partial charge in [-0.2, -0.15) is 0 Å². The van der Waals surface area contributed by atoms with Crippen molar-refractivity contribution in [2.24, 2.45) is 33.7 Å². The number of unbranched alkanes of at least 4 members (excludes halogenated alkanes) is 2. The molecule has 4 aromatic carbocycles. The van der Waals surface area contributed by atoms with Gasteiger partial charge in [-0.15, -0.1) is 0 Å². The van der Waals surface area contributed by atoms with Crippen molar-refractivity contribution in [2.75, 3.05) is 13.1 Å². The van der Waals surface area contributed by atoms with Gasteiger partial charge in [0, 0.05) is 34.5 Å². The third-order valence-electron chi connectivity index (χ3n) is 13.4. The molecule has 4 nitrogen and oxygen atoms in total. The van der Waals surface area contributed by atoms with E-state index in [2.05, 4.69) is 146 Å². The zero-order valence-corrected chi connectivity index (χ0v) is 36.5. The summed E-state index contributed by atoms with van der Waals surface area (Å²) >= 11 is 0. The predicted molar refractivity (Wildman–Crippen MR) is 249 cm³/mol. The third-order valence-corrected chi connectivity index (χ3v) is 18.0. The molecule has 2 N–H and O–H groups in total. The Morgan fingerprint density at radius 2 is 0.965 bits per heavy atom. The van der Waals surface area contributed by atoms with Gasteiger partial charge in [0.25, 0.3) is 0 Å². The van der Waals surface area contributed by atoms with Crippen molar-refractivity contribution < 1.29 is 0 Å². The molecule has 8 rings (SSSR count). The summed E-state index contributed by atoms with van der Waals surface area (Å²) in [6.45, 7) is 6.76. The van der Waals surface area contributed by atoms with Crippen molar-refractivity contribution in [1.29, 1.82) is 0 Å². The Labute approximate surface area is 346 Å². The van der Waals surface area contributed by atoms with Crippen molar-refractivity contribution >= 4 is 48.2 Å². The molecule has 0 radical (unpaired) electrons. The number of amidine groups is 2. The highest BCUT2D eigenvalue weighted by Gasteiger charge is 2.42. The van der Waals surface area contributed by atoms with E-state index in [1.165, 1.54) is 109 Å². The fourth-order valence-corrected chi connectivity index (χ4v) is 15.9. The highest BCUT2D eigenvalue weighted by molar-refractivity contribution is 7.88. The van der Waals surface area contributed by atoms with Gasteiger partial charge in [-0.05, 0) is 117 Å². The van der Waals surface area contributed by atoms with Gasteiger partial charge in [-0.25, -0.2) is 0 Å². The van der Waals surface area contributed by atoms with Crippen molar-refractivity contribution in [2.45, 2.75) is 121 Å². The van der Waals surface area contributed by atoms with Gasteiger partial charge >= 0.3 is 0 Å². The Morgan fingerprint density at radius 1 is 0.544 bits per heavy atom. The van der Waals surface area contributed by atoms with E-state index in [0.29, 0.717) is 0 Å². The first-order valence-corrected chi connectivity index (χ1v) is 25.1. The summed E-state index contributed by atoms with van der Waals surface area (Å²) in [5.74, 6) is 3.36. The van der Waals surface area contributed by atoms with Crippen LogP contribution >= 0.6 is 15.8 Å². The summed E-state index contributed by atoms with van der Waals surface area (Å²) in [5.41, 5.74) is 2.54. The van der Waals surface area contributed by atoms with E-state index in [-0.39, 0.29) is 11.1 Å². The summed E-state index contributed by atoms with van der Waals surface area (Å²) in [5, 5.41) is 13.8. The molecule has 4 aliphatic rings. The van der Waals surface area contributed by atoms with Crippen LogP contribution < -0.4 is 31.9 Å². The lowest BCUT2D eigenvalue weighted by molar-refractivity contribution is 0.113. The Hall–Kier alpha value is -3.32. The number of fused-ring (bicyclic) bond motifs is 4. The summed E-state index contributed by atoms with van der Waals surface area (Å²) in [7, 11) is -1.56. The molecule has 4 aliphatic carbocycles. The fourth-order valence-electron chi connectivity index (χ4n) is 11.2. The second kappa shape index (κ2) is 19.2. The van der Waals surface area contributed by atoms with Crippen molar-refractivity contribution in [3.63, 3.8) is 0 Å². The number of hydrogen-bond acceptors (Lipinski definition) is 2. The predicted octanol–water partition coefficient (Wildman–Crippen LogP) is 11.0. The van der Waals surface area contributed by atoms with E-state index in [4.69, 9.17) is 9.98 Å². The highest BCUT2D eigenvalue weighted by atomic mass is 31.1. The molecule has 0 spiro atoms. The van der Waals surface area contributed by atoms with E-state index in [0.717, 1.165) is 56.0 Å². The molecule has 4 saturated carbocycles. The maximum Gasteiger partial charge on any atom is 0.129 e. The minimum Gasteiger partial charge on any atom is -0.370 e. The minimum atomic E-state index is -0.780. The molecule has 4 fully saturated rings. The van der Waals surface area contributed by atoms with Gasteiger partial charge in [-0.1, -0.05) is 160 Å². The Bertz CT molecular complexity index is 1800. The molecule has 4 atom stereocenters. The summed E-state index contributed by atoms with van der Waals surface area (Å²) in [6.07, 6.45) is 19.5. The summed E-state index contributed by atoms with van der Waals surface area (Å²) < 4.78 is 0. The minimum absolute atomic E-state index is 0.00207. The van der Waals surface area contributed by atoms with Crippen molar-refractivity contribution in [3.8, 4) is 0 Å². The molecule has 0 aliphatic heterocycles. The molecule has 57 heavy (non-hydrogen) atoms. The second-order valence-corrected chi connectivity index (χ2v) is 22.7. The van der Waals surface area contributed by atoms with Gasteiger partial charge in [0.2, 0.25) is 0 Å². The normalized spacial score (nSPS) is 27.6. The SMILES string of the molecule is CC1(/N=C(/NCCCCC/N=C(/NC2(C)CC3CCCC(C3)C2)P(c2ccccc2)c2ccccc2)P(c2ccccc2)c2ccccc2)CC2CCCC(C2)C1. The zero-order chi connectivity index (χ0) is 38.9. The van der Waals surface area contributed by atoms with Crippen LogP contribution in [-0.2, 0) is 0 Å². The van der Waals surface area contributed by atoms with Crippen LogP contribution in [0.4, 0.5) is 0 Å². The zero-order valence-electron chi connectivity index (χ0n) is 34.7. The first-order valence-electron chi connectivity index (χ1n) is 22.4. The molecule has 4 unspecified atom stereocenters. The monoisotopic (exact) mass is 796 g/mol. The van der Waals surface area contributed by atoms with Gasteiger partial charge in [0.1, 0.15) is 11.2 Å². The molecule has 4 aromatic rings. The Morgan fingerprint density at radius 3 is 1.42 bits per heavy atom. The number of nitrogens with zero attached hydrogens (tertiary/aromatic N) is 2. The van der Waals surface area contributed by atoms with Crippen LogP contribution in [0.3, 0.4) is 0 Å². The number of nitrogens with one attached hydrogen (secondary N) is 2. The Balaban J connectivity index is 0.991. The topological polar surface area (TPSA) is 48.8 Å². The lowest BCUT2D eigenvalue weighted by Gasteiger charge is -2.47. The average molecular weight is 797 g/mol. The number of aliphatic imine (C=N–C) groups is 2. The maximum absolute atomic E-state index is 5.83. The molecule has 0 heterocycles. The summed E-state index contributed by atoms with van der Waals surface area (Å²) in [6, 6.07) is 44.7. The number of rotatable bonds is 14. The van der Waals surface area contributed by atoms with E-state index < -0.39 is 15.8 Å². The van der Waals surface area contributed by atoms with E-state index >= 15 is 0 Å². The van der Waals surface area contributed by atoms with E-state index in [1.54, 1.807) is 0 Å². The van der Waals surface area contributed by atoms with Crippen LogP contribution in [-0.4, -0.2) is 35.3 Å².